The van der Waals surface area contributed by atoms with Gasteiger partial charge in [-0.25, -0.2) is 0 Å². The largest absolute Gasteiger partial charge is 0.481 e. The van der Waals surface area contributed by atoms with Crippen LogP contribution in [0.1, 0.15) is 31.8 Å². The molecule has 1 aliphatic carbocycles. The van der Waals surface area contributed by atoms with Crippen molar-refractivity contribution in [2.45, 2.75) is 36.9 Å². The molecule has 1 saturated carbocycles. The van der Waals surface area contributed by atoms with Crippen molar-refractivity contribution < 1.29 is 14.3 Å². The molecule has 1 aromatic heterocycles. The fourth-order valence-electron chi connectivity index (χ4n) is 3.47. The van der Waals surface area contributed by atoms with Gasteiger partial charge in [0.1, 0.15) is 11.5 Å². The fraction of sp³-hybridized carbons (Fsp3) is 0.562. The van der Waals surface area contributed by atoms with E-state index in [0.29, 0.717) is 17.9 Å². The molecular formula is C16H17Cl3O3. The first-order valence-electron chi connectivity index (χ1n) is 6.86. The second-order valence-corrected chi connectivity index (χ2v) is 8.81. The van der Waals surface area contributed by atoms with Gasteiger partial charge in [-0.15, -0.1) is 6.42 Å². The highest BCUT2D eigenvalue weighted by molar-refractivity contribution is 6.67. The third kappa shape index (κ3) is 2.97. The molecule has 120 valence electrons. The van der Waals surface area contributed by atoms with Crippen molar-refractivity contribution in [3.05, 3.63) is 23.7 Å². The van der Waals surface area contributed by atoms with Gasteiger partial charge in [-0.1, -0.05) is 54.6 Å². The molecule has 0 radical (unpaired) electrons. The van der Waals surface area contributed by atoms with Crippen LogP contribution in [0.3, 0.4) is 0 Å². The van der Waals surface area contributed by atoms with Crippen molar-refractivity contribution >= 4 is 40.8 Å². The Kier molecular flexibility index (Phi) is 4.52. The molecule has 1 aromatic rings. The molecule has 0 aliphatic heterocycles. The summed E-state index contributed by atoms with van der Waals surface area (Å²) >= 11 is 17.6. The van der Waals surface area contributed by atoms with Crippen molar-refractivity contribution in [2.24, 2.45) is 16.7 Å². The number of alkyl halides is 3. The van der Waals surface area contributed by atoms with Crippen molar-refractivity contribution in [1.29, 1.82) is 0 Å². The van der Waals surface area contributed by atoms with Crippen molar-refractivity contribution in [2.75, 3.05) is 0 Å². The summed E-state index contributed by atoms with van der Waals surface area (Å²) in [5.74, 6) is 2.59. The van der Waals surface area contributed by atoms with E-state index in [9.17, 15) is 9.90 Å². The first-order chi connectivity index (χ1) is 10.0. The van der Waals surface area contributed by atoms with Crippen LogP contribution in [0, 0.1) is 29.1 Å². The molecule has 1 heterocycles. The summed E-state index contributed by atoms with van der Waals surface area (Å²) in [5, 5.41) is 9.77. The van der Waals surface area contributed by atoms with E-state index in [1.165, 1.54) is 0 Å². The molecular weight excluding hydrogens is 347 g/mol. The number of terminal acetylenes is 1. The van der Waals surface area contributed by atoms with E-state index < -0.39 is 20.6 Å². The number of furan rings is 1. The summed E-state index contributed by atoms with van der Waals surface area (Å²) in [6.45, 7) is 3.76. The predicted molar refractivity (Wildman–Crippen MR) is 87.2 cm³/mol. The van der Waals surface area contributed by atoms with Gasteiger partial charge in [0, 0.05) is 6.42 Å². The molecule has 22 heavy (non-hydrogen) atoms. The minimum Gasteiger partial charge on any atom is -0.481 e. The third-order valence-electron chi connectivity index (χ3n) is 4.80. The molecule has 0 amide bonds. The monoisotopic (exact) mass is 362 g/mol. The number of aliphatic carboxylic acids is 1. The average molecular weight is 364 g/mol. The topological polar surface area (TPSA) is 50.4 Å². The molecule has 0 spiro atoms. The van der Waals surface area contributed by atoms with Gasteiger partial charge in [-0.05, 0) is 29.9 Å². The van der Waals surface area contributed by atoms with Crippen LogP contribution in [0.25, 0.3) is 0 Å². The molecule has 3 nitrogen and oxygen atoms in total. The van der Waals surface area contributed by atoms with E-state index >= 15 is 0 Å². The smallest absolute Gasteiger partial charge is 0.310 e. The van der Waals surface area contributed by atoms with Crippen LogP contribution in [-0.4, -0.2) is 14.9 Å². The van der Waals surface area contributed by atoms with Crippen LogP contribution >= 0.6 is 34.8 Å². The Morgan fingerprint density at radius 2 is 2.00 bits per heavy atom. The summed E-state index contributed by atoms with van der Waals surface area (Å²) < 4.78 is 4.14. The Hall–Kier alpha value is -0.820. The second-order valence-electron chi connectivity index (χ2n) is 6.30. The van der Waals surface area contributed by atoms with Gasteiger partial charge >= 0.3 is 5.97 Å². The van der Waals surface area contributed by atoms with Gasteiger partial charge in [0.25, 0.3) is 0 Å². The zero-order valence-electron chi connectivity index (χ0n) is 12.3. The van der Waals surface area contributed by atoms with E-state index in [1.54, 1.807) is 12.1 Å². The van der Waals surface area contributed by atoms with Crippen molar-refractivity contribution in [1.82, 2.24) is 0 Å². The molecule has 2 atom stereocenters. The highest BCUT2D eigenvalue weighted by atomic mass is 35.6. The maximum Gasteiger partial charge on any atom is 0.310 e. The lowest BCUT2D eigenvalue weighted by molar-refractivity contribution is -0.145. The van der Waals surface area contributed by atoms with Gasteiger partial charge < -0.3 is 9.52 Å². The molecule has 1 N–H and O–H groups in total. The lowest BCUT2D eigenvalue weighted by atomic mass is 9.91. The quantitative estimate of drug-likeness (QED) is 0.619. The first kappa shape index (κ1) is 17.5. The van der Waals surface area contributed by atoms with Crippen LogP contribution < -0.4 is 0 Å². The van der Waals surface area contributed by atoms with E-state index in [0.717, 1.165) is 0 Å². The van der Waals surface area contributed by atoms with E-state index in [2.05, 4.69) is 5.92 Å². The molecule has 0 saturated heterocycles. The Balaban J connectivity index is 2.26. The van der Waals surface area contributed by atoms with Crippen molar-refractivity contribution in [3.8, 4) is 12.3 Å². The van der Waals surface area contributed by atoms with Crippen LogP contribution in [0.4, 0.5) is 0 Å². The molecule has 2 rings (SSSR count). The number of carboxylic acid groups (broad SMARTS) is 1. The SMILES string of the molecule is C#CCc1ccc(CC2(C(=O)O)C(CC(Cl)(Cl)Cl)C2(C)C)o1. The van der Waals surface area contributed by atoms with E-state index in [-0.39, 0.29) is 18.8 Å². The van der Waals surface area contributed by atoms with Crippen LogP contribution in [0.5, 0.6) is 0 Å². The van der Waals surface area contributed by atoms with Gasteiger partial charge in [0.15, 0.2) is 3.79 Å². The molecule has 1 fully saturated rings. The minimum atomic E-state index is -1.48. The van der Waals surface area contributed by atoms with Crippen molar-refractivity contribution in [3.63, 3.8) is 0 Å². The number of halogens is 3. The lowest BCUT2D eigenvalue weighted by Gasteiger charge is -2.15. The van der Waals surface area contributed by atoms with Gasteiger partial charge in [0.2, 0.25) is 0 Å². The zero-order chi connectivity index (χ0) is 16.8. The average Bonchev–Trinajstić information content (AvgIpc) is 2.72. The molecule has 1 aliphatic rings. The number of carboxylic acids is 1. The van der Waals surface area contributed by atoms with Gasteiger partial charge in [-0.3, -0.25) is 4.79 Å². The summed E-state index contributed by atoms with van der Waals surface area (Å²) in [6.07, 6.45) is 6.06. The predicted octanol–water partition coefficient (Wildman–Crippen LogP) is 4.49. The number of rotatable bonds is 5. The normalized spacial score (nSPS) is 26.5. The summed E-state index contributed by atoms with van der Waals surface area (Å²) in [5.41, 5.74) is -1.48. The zero-order valence-corrected chi connectivity index (χ0v) is 14.6. The highest BCUT2D eigenvalue weighted by Crippen LogP contribution is 2.73. The maximum absolute atomic E-state index is 11.9. The highest BCUT2D eigenvalue weighted by Gasteiger charge is 2.76. The summed E-state index contributed by atoms with van der Waals surface area (Å²) in [7, 11) is 0. The summed E-state index contributed by atoms with van der Waals surface area (Å²) in [4.78, 5) is 11.9. The standard InChI is InChI=1S/C16H17Cl3O3/c1-4-5-10-6-7-11(22-10)8-15(13(20)21)12(14(15,2)3)9-16(17,18)19/h1,6-7,12H,5,8-9H2,2-3H3,(H,20,21). The third-order valence-corrected chi connectivity index (χ3v) is 5.26. The first-order valence-corrected chi connectivity index (χ1v) is 7.99. The van der Waals surface area contributed by atoms with Crippen LogP contribution in [0.15, 0.2) is 16.5 Å². The summed E-state index contributed by atoms with van der Waals surface area (Å²) in [6, 6.07) is 3.53. The Morgan fingerprint density at radius 3 is 2.50 bits per heavy atom. The number of hydrogen-bond donors (Lipinski definition) is 1. The van der Waals surface area contributed by atoms with Crippen LogP contribution in [-0.2, 0) is 17.6 Å². The van der Waals surface area contributed by atoms with Gasteiger partial charge in [-0.2, -0.15) is 0 Å². The Morgan fingerprint density at radius 1 is 1.41 bits per heavy atom. The Labute approximate surface area is 144 Å². The molecule has 0 aromatic carbocycles. The Bertz CT molecular complexity index is 621. The minimum absolute atomic E-state index is 0.189. The second kappa shape index (κ2) is 5.67. The lowest BCUT2D eigenvalue weighted by Crippen LogP contribution is -2.25. The maximum atomic E-state index is 11.9. The van der Waals surface area contributed by atoms with Crippen LogP contribution in [0.2, 0.25) is 0 Å². The fourth-order valence-corrected chi connectivity index (χ4v) is 3.93. The van der Waals surface area contributed by atoms with E-state index in [1.807, 2.05) is 13.8 Å². The molecule has 2 unspecified atom stereocenters. The number of hydrogen-bond acceptors (Lipinski definition) is 2. The number of carbonyl (C=O) groups is 1. The van der Waals surface area contributed by atoms with Gasteiger partial charge in [0.05, 0.1) is 11.8 Å². The molecule has 6 heteroatoms. The van der Waals surface area contributed by atoms with E-state index in [4.69, 9.17) is 45.6 Å². The molecule has 0 bridgehead atoms.